The van der Waals surface area contributed by atoms with Crippen LogP contribution in [0.25, 0.3) is 0 Å². The van der Waals surface area contributed by atoms with Gasteiger partial charge in [-0.1, -0.05) is 29.8 Å². The summed E-state index contributed by atoms with van der Waals surface area (Å²) >= 11 is 0. The molecule has 0 bridgehead atoms. The SMILES string of the molecule is Cc1ccc(NC(=O)NCc2cccc(NC(=O)C3=CNCN3N)c2)cc1. The summed E-state index contributed by atoms with van der Waals surface area (Å²) in [7, 11) is 0. The monoisotopic (exact) mass is 366 g/mol. The van der Waals surface area contributed by atoms with Crippen LogP contribution < -0.4 is 27.1 Å². The van der Waals surface area contributed by atoms with E-state index < -0.39 is 0 Å². The van der Waals surface area contributed by atoms with Crippen LogP contribution in [-0.4, -0.2) is 23.6 Å². The first-order valence-corrected chi connectivity index (χ1v) is 8.49. The standard InChI is InChI=1S/C19H22N6O2/c1-13-5-7-15(8-6-13)24-19(27)22-10-14-3-2-4-16(9-14)23-18(26)17-11-21-12-25(17)20/h2-9,11,21H,10,12,20H2,1H3,(H,23,26)(H2,22,24,27). The van der Waals surface area contributed by atoms with E-state index in [1.165, 1.54) is 5.01 Å². The summed E-state index contributed by atoms with van der Waals surface area (Å²) in [5.41, 5.74) is 3.69. The van der Waals surface area contributed by atoms with Crippen molar-refractivity contribution in [2.45, 2.75) is 13.5 Å². The molecule has 0 radical (unpaired) electrons. The highest BCUT2D eigenvalue weighted by atomic mass is 16.2. The zero-order valence-electron chi connectivity index (χ0n) is 15.0. The number of urea groups is 1. The Bertz CT molecular complexity index is 863. The molecule has 0 saturated heterocycles. The molecule has 3 amide bonds. The Labute approximate surface area is 157 Å². The van der Waals surface area contributed by atoms with Gasteiger partial charge in [-0.3, -0.25) is 9.80 Å². The summed E-state index contributed by atoms with van der Waals surface area (Å²) < 4.78 is 0. The highest BCUT2D eigenvalue weighted by molar-refractivity contribution is 6.03. The van der Waals surface area contributed by atoms with Crippen molar-refractivity contribution in [3.8, 4) is 0 Å². The van der Waals surface area contributed by atoms with Gasteiger partial charge in [-0.2, -0.15) is 0 Å². The van der Waals surface area contributed by atoms with Gasteiger partial charge in [-0.25, -0.2) is 10.6 Å². The van der Waals surface area contributed by atoms with Crippen molar-refractivity contribution in [1.29, 1.82) is 0 Å². The van der Waals surface area contributed by atoms with Crippen LogP contribution in [0, 0.1) is 6.92 Å². The van der Waals surface area contributed by atoms with E-state index in [0.29, 0.717) is 24.6 Å². The number of hydrogen-bond donors (Lipinski definition) is 5. The molecule has 2 aromatic carbocycles. The summed E-state index contributed by atoms with van der Waals surface area (Å²) in [5.74, 6) is 5.40. The average Bonchev–Trinajstić information content (AvgIpc) is 3.08. The zero-order valence-corrected chi connectivity index (χ0v) is 15.0. The van der Waals surface area contributed by atoms with Gasteiger partial charge in [0.15, 0.2) is 0 Å². The van der Waals surface area contributed by atoms with E-state index in [-0.39, 0.29) is 11.9 Å². The molecule has 1 aliphatic heterocycles. The van der Waals surface area contributed by atoms with Crippen molar-refractivity contribution in [1.82, 2.24) is 15.6 Å². The molecule has 1 heterocycles. The van der Waals surface area contributed by atoms with Crippen LogP contribution >= 0.6 is 0 Å². The number of amides is 3. The average molecular weight is 366 g/mol. The summed E-state index contributed by atoms with van der Waals surface area (Å²) in [4.78, 5) is 24.2. The third-order valence-electron chi connectivity index (χ3n) is 3.99. The molecule has 8 nitrogen and oxygen atoms in total. The molecule has 1 aliphatic rings. The van der Waals surface area contributed by atoms with Crippen LogP contribution in [0.5, 0.6) is 0 Å². The van der Waals surface area contributed by atoms with Crippen LogP contribution in [0.15, 0.2) is 60.4 Å². The number of hydrazine groups is 1. The van der Waals surface area contributed by atoms with E-state index in [4.69, 9.17) is 5.84 Å². The van der Waals surface area contributed by atoms with Crippen LogP contribution in [0.1, 0.15) is 11.1 Å². The van der Waals surface area contributed by atoms with E-state index in [1.54, 1.807) is 18.3 Å². The molecule has 2 aromatic rings. The molecule has 0 unspecified atom stereocenters. The van der Waals surface area contributed by atoms with Gasteiger partial charge < -0.3 is 21.3 Å². The van der Waals surface area contributed by atoms with E-state index in [1.807, 2.05) is 43.3 Å². The van der Waals surface area contributed by atoms with Crippen molar-refractivity contribution in [2.24, 2.45) is 5.84 Å². The van der Waals surface area contributed by atoms with Gasteiger partial charge in [-0.15, -0.1) is 0 Å². The molecule has 27 heavy (non-hydrogen) atoms. The normalized spacial score (nSPS) is 12.8. The number of nitrogens with zero attached hydrogens (tertiary/aromatic N) is 1. The molecule has 0 aliphatic carbocycles. The number of rotatable bonds is 5. The smallest absolute Gasteiger partial charge is 0.319 e. The molecule has 0 fully saturated rings. The lowest BCUT2D eigenvalue weighted by Gasteiger charge is -2.14. The predicted molar refractivity (Wildman–Crippen MR) is 104 cm³/mol. The number of aryl methyl sites for hydroxylation is 1. The molecule has 0 saturated carbocycles. The fourth-order valence-electron chi connectivity index (χ4n) is 2.55. The number of nitrogens with two attached hydrogens (primary N) is 1. The highest BCUT2D eigenvalue weighted by Gasteiger charge is 2.19. The van der Waals surface area contributed by atoms with Crippen LogP contribution in [0.2, 0.25) is 0 Å². The first-order chi connectivity index (χ1) is 13.0. The largest absolute Gasteiger partial charge is 0.371 e. The Morgan fingerprint density at radius 1 is 1.11 bits per heavy atom. The minimum absolute atomic E-state index is 0.297. The minimum Gasteiger partial charge on any atom is -0.371 e. The molecular weight excluding hydrogens is 344 g/mol. The topological polar surface area (TPSA) is 112 Å². The second-order valence-corrected chi connectivity index (χ2v) is 6.19. The zero-order chi connectivity index (χ0) is 19.2. The first kappa shape index (κ1) is 18.3. The summed E-state index contributed by atoms with van der Waals surface area (Å²) in [5, 5.41) is 12.6. The fraction of sp³-hybridized carbons (Fsp3) is 0.158. The quantitative estimate of drug-likeness (QED) is 0.519. The Balaban J connectivity index is 1.53. The minimum atomic E-state index is -0.301. The van der Waals surface area contributed by atoms with Crippen molar-refractivity contribution in [2.75, 3.05) is 17.3 Å². The second-order valence-electron chi connectivity index (χ2n) is 6.19. The maximum atomic E-state index is 12.2. The number of anilines is 2. The van der Waals surface area contributed by atoms with Crippen molar-refractivity contribution < 1.29 is 9.59 Å². The summed E-state index contributed by atoms with van der Waals surface area (Å²) in [6.45, 7) is 2.71. The van der Waals surface area contributed by atoms with Crippen LogP contribution in [-0.2, 0) is 11.3 Å². The van der Waals surface area contributed by atoms with Crippen molar-refractivity contribution >= 4 is 23.3 Å². The lowest BCUT2D eigenvalue weighted by molar-refractivity contribution is -0.114. The molecule has 0 spiro atoms. The first-order valence-electron chi connectivity index (χ1n) is 8.49. The molecular formula is C19H22N6O2. The molecule has 140 valence electrons. The lowest BCUT2D eigenvalue weighted by Crippen LogP contribution is -2.35. The van der Waals surface area contributed by atoms with Crippen molar-refractivity contribution in [3.63, 3.8) is 0 Å². The molecule has 3 rings (SSSR count). The van der Waals surface area contributed by atoms with Crippen LogP contribution in [0.3, 0.4) is 0 Å². The number of hydrogen-bond acceptors (Lipinski definition) is 5. The van der Waals surface area contributed by atoms with Crippen LogP contribution in [0.4, 0.5) is 16.2 Å². The number of carbonyl (C=O) groups is 2. The Hall–Kier alpha value is -3.52. The van der Waals surface area contributed by atoms with E-state index >= 15 is 0 Å². The van der Waals surface area contributed by atoms with Gasteiger partial charge in [0.05, 0.1) is 0 Å². The summed E-state index contributed by atoms with van der Waals surface area (Å²) in [6, 6.07) is 14.5. The van der Waals surface area contributed by atoms with Gasteiger partial charge in [-0.05, 0) is 36.8 Å². The van der Waals surface area contributed by atoms with E-state index in [9.17, 15) is 9.59 Å². The second kappa shape index (κ2) is 8.24. The number of benzene rings is 2. The third kappa shape index (κ3) is 4.99. The highest BCUT2D eigenvalue weighted by Crippen LogP contribution is 2.14. The van der Waals surface area contributed by atoms with Gasteiger partial charge in [0.25, 0.3) is 5.91 Å². The Kier molecular flexibility index (Phi) is 5.58. The van der Waals surface area contributed by atoms with Crippen molar-refractivity contribution in [3.05, 3.63) is 71.6 Å². The number of carbonyl (C=O) groups excluding carboxylic acids is 2. The van der Waals surface area contributed by atoms with Gasteiger partial charge in [0.1, 0.15) is 12.4 Å². The van der Waals surface area contributed by atoms with Gasteiger partial charge >= 0.3 is 6.03 Å². The molecule has 8 heteroatoms. The van der Waals surface area contributed by atoms with Gasteiger partial charge in [0, 0.05) is 24.1 Å². The Morgan fingerprint density at radius 2 is 1.89 bits per heavy atom. The maximum absolute atomic E-state index is 12.2. The third-order valence-corrected chi connectivity index (χ3v) is 3.99. The molecule has 0 aromatic heterocycles. The fourth-order valence-corrected chi connectivity index (χ4v) is 2.55. The van der Waals surface area contributed by atoms with Gasteiger partial charge in [0.2, 0.25) is 0 Å². The van der Waals surface area contributed by atoms with E-state index in [0.717, 1.165) is 16.8 Å². The lowest BCUT2D eigenvalue weighted by atomic mass is 10.2. The molecule has 0 atom stereocenters. The molecule has 6 N–H and O–H groups in total. The Morgan fingerprint density at radius 3 is 2.59 bits per heavy atom. The summed E-state index contributed by atoms with van der Waals surface area (Å²) in [6.07, 6.45) is 1.57. The predicted octanol–water partition coefficient (Wildman–Crippen LogP) is 1.83. The maximum Gasteiger partial charge on any atom is 0.319 e. The number of nitrogens with one attached hydrogen (secondary N) is 4. The van der Waals surface area contributed by atoms with E-state index in [2.05, 4.69) is 21.3 Å².